The number of anilines is 1. The Morgan fingerprint density at radius 1 is 1.32 bits per heavy atom. The van der Waals surface area contributed by atoms with Crippen LogP contribution in [0.15, 0.2) is 36.8 Å². The summed E-state index contributed by atoms with van der Waals surface area (Å²) >= 11 is 0. The van der Waals surface area contributed by atoms with Gasteiger partial charge in [-0.25, -0.2) is 18.5 Å². The first-order chi connectivity index (χ1) is 8.94. The number of nitrogens with two attached hydrogens (primary N) is 1. The molecule has 2 rings (SSSR count). The van der Waals surface area contributed by atoms with Gasteiger partial charge in [0, 0.05) is 18.9 Å². The molecule has 0 unspecified atom stereocenters. The Labute approximate surface area is 112 Å². The third-order valence-electron chi connectivity index (χ3n) is 2.71. The molecule has 0 saturated heterocycles. The third-order valence-corrected chi connectivity index (χ3v) is 3.45. The maximum Gasteiger partial charge on any atom is 0.213 e. The van der Waals surface area contributed by atoms with Crippen LogP contribution in [0, 0.1) is 0 Å². The number of rotatable bonds is 5. The second-order valence-corrected chi connectivity index (χ2v) is 5.97. The zero-order valence-electron chi connectivity index (χ0n) is 10.6. The van der Waals surface area contributed by atoms with Crippen molar-refractivity contribution in [2.24, 2.45) is 12.2 Å². The van der Waals surface area contributed by atoms with Crippen molar-refractivity contribution >= 4 is 15.7 Å². The summed E-state index contributed by atoms with van der Waals surface area (Å²) in [6, 6.07) is 7.15. The van der Waals surface area contributed by atoms with Gasteiger partial charge < -0.3 is 9.88 Å². The minimum absolute atomic E-state index is 0.144. The van der Waals surface area contributed by atoms with Gasteiger partial charge in [0.1, 0.15) is 0 Å². The first-order valence-electron chi connectivity index (χ1n) is 5.72. The van der Waals surface area contributed by atoms with Crippen LogP contribution in [0.5, 0.6) is 0 Å². The Hall–Kier alpha value is -1.86. The van der Waals surface area contributed by atoms with E-state index in [2.05, 4.69) is 10.3 Å². The molecule has 19 heavy (non-hydrogen) atoms. The lowest BCUT2D eigenvalue weighted by molar-refractivity contribution is 0.597. The first-order valence-corrected chi connectivity index (χ1v) is 7.44. The molecule has 2 aromatic rings. The van der Waals surface area contributed by atoms with E-state index in [-0.39, 0.29) is 5.75 Å². The highest BCUT2D eigenvalue weighted by Gasteiger charge is 2.04. The van der Waals surface area contributed by atoms with E-state index < -0.39 is 10.0 Å². The fourth-order valence-corrected chi connectivity index (χ4v) is 2.36. The van der Waals surface area contributed by atoms with Gasteiger partial charge in [-0.05, 0) is 17.7 Å². The van der Waals surface area contributed by atoms with Gasteiger partial charge in [0.05, 0.1) is 24.3 Å². The maximum atomic E-state index is 11.0. The van der Waals surface area contributed by atoms with Crippen molar-refractivity contribution in [2.75, 3.05) is 5.32 Å². The molecule has 0 fully saturated rings. The van der Waals surface area contributed by atoms with E-state index in [9.17, 15) is 8.42 Å². The standard InChI is InChI=1S/C12H16N4O2S/c1-16-9-14-6-12(16)7-15-11-4-2-10(3-5-11)8-19(13,17)18/h2-6,9,15H,7-8H2,1H3,(H2,13,17,18). The number of nitrogens with one attached hydrogen (secondary N) is 1. The van der Waals surface area contributed by atoms with Gasteiger partial charge in [0.25, 0.3) is 0 Å². The predicted octanol–water partition coefficient (Wildman–Crippen LogP) is 0.821. The SMILES string of the molecule is Cn1cncc1CNc1ccc(CS(N)(=O)=O)cc1. The van der Waals surface area contributed by atoms with E-state index in [1.165, 1.54) is 0 Å². The van der Waals surface area contributed by atoms with Crippen LogP contribution in [0.1, 0.15) is 11.3 Å². The van der Waals surface area contributed by atoms with Gasteiger partial charge in [-0.2, -0.15) is 0 Å². The lowest BCUT2D eigenvalue weighted by Gasteiger charge is -2.07. The molecule has 0 aliphatic rings. The van der Waals surface area contributed by atoms with Crippen molar-refractivity contribution in [3.05, 3.63) is 48.0 Å². The molecular formula is C12H16N4O2S. The van der Waals surface area contributed by atoms with Crippen LogP contribution in [-0.2, 0) is 29.4 Å². The topological polar surface area (TPSA) is 90.0 Å². The van der Waals surface area contributed by atoms with Crippen LogP contribution in [0.3, 0.4) is 0 Å². The molecule has 0 saturated carbocycles. The van der Waals surface area contributed by atoms with Crippen molar-refractivity contribution < 1.29 is 8.42 Å². The normalized spacial score (nSPS) is 11.5. The van der Waals surface area contributed by atoms with Crippen LogP contribution in [0.25, 0.3) is 0 Å². The van der Waals surface area contributed by atoms with Crippen molar-refractivity contribution in [1.82, 2.24) is 9.55 Å². The van der Waals surface area contributed by atoms with Gasteiger partial charge in [0.2, 0.25) is 10.0 Å². The van der Waals surface area contributed by atoms with Crippen molar-refractivity contribution in [3.8, 4) is 0 Å². The van der Waals surface area contributed by atoms with E-state index in [0.29, 0.717) is 12.1 Å². The molecule has 0 aliphatic heterocycles. The quantitative estimate of drug-likeness (QED) is 0.848. The summed E-state index contributed by atoms with van der Waals surface area (Å²) in [5.74, 6) is -0.144. The summed E-state index contributed by atoms with van der Waals surface area (Å²) < 4.78 is 23.8. The Bertz CT molecular complexity index is 647. The summed E-state index contributed by atoms with van der Waals surface area (Å²) in [4.78, 5) is 4.03. The molecule has 102 valence electrons. The van der Waals surface area contributed by atoms with Gasteiger partial charge in [-0.1, -0.05) is 12.1 Å². The number of benzene rings is 1. The molecule has 0 bridgehead atoms. The number of nitrogens with zero attached hydrogens (tertiary/aromatic N) is 2. The van der Waals surface area contributed by atoms with Crippen molar-refractivity contribution in [1.29, 1.82) is 0 Å². The Morgan fingerprint density at radius 3 is 2.53 bits per heavy atom. The maximum absolute atomic E-state index is 11.0. The third kappa shape index (κ3) is 4.08. The Balaban J connectivity index is 1.97. The molecule has 0 spiro atoms. The number of hydrogen-bond acceptors (Lipinski definition) is 4. The molecule has 0 amide bonds. The van der Waals surface area contributed by atoms with Gasteiger partial charge in [0.15, 0.2) is 0 Å². The molecule has 1 aromatic heterocycles. The van der Waals surface area contributed by atoms with Gasteiger partial charge >= 0.3 is 0 Å². The lowest BCUT2D eigenvalue weighted by atomic mass is 10.2. The van der Waals surface area contributed by atoms with Crippen LogP contribution in [0.4, 0.5) is 5.69 Å². The molecule has 0 radical (unpaired) electrons. The number of aromatic nitrogens is 2. The molecule has 0 aliphatic carbocycles. The van der Waals surface area contributed by atoms with E-state index in [1.807, 2.05) is 23.7 Å². The van der Waals surface area contributed by atoms with Crippen LogP contribution >= 0.6 is 0 Å². The smallest absolute Gasteiger partial charge is 0.213 e. The summed E-state index contributed by atoms with van der Waals surface area (Å²) in [5, 5.41) is 8.23. The van der Waals surface area contributed by atoms with Gasteiger partial charge in [-0.3, -0.25) is 0 Å². The monoisotopic (exact) mass is 280 g/mol. The largest absolute Gasteiger partial charge is 0.379 e. The van der Waals surface area contributed by atoms with Crippen LogP contribution < -0.4 is 10.5 Å². The molecule has 3 N–H and O–H groups in total. The zero-order chi connectivity index (χ0) is 13.9. The Kier molecular flexibility index (Phi) is 3.87. The fourth-order valence-electron chi connectivity index (χ4n) is 1.70. The molecule has 0 atom stereocenters. The molecule has 7 heteroatoms. The summed E-state index contributed by atoms with van der Waals surface area (Å²) in [7, 11) is -1.55. The van der Waals surface area contributed by atoms with Crippen LogP contribution in [0.2, 0.25) is 0 Å². The molecule has 6 nitrogen and oxygen atoms in total. The average molecular weight is 280 g/mol. The number of primary sulfonamides is 1. The fraction of sp³-hybridized carbons (Fsp3) is 0.250. The molecule has 1 aromatic carbocycles. The van der Waals surface area contributed by atoms with Gasteiger partial charge in [-0.15, -0.1) is 0 Å². The number of sulfonamides is 1. The highest BCUT2D eigenvalue weighted by atomic mass is 32.2. The summed E-state index contributed by atoms with van der Waals surface area (Å²) in [6.45, 7) is 0.658. The lowest BCUT2D eigenvalue weighted by Crippen LogP contribution is -2.14. The molecule has 1 heterocycles. The van der Waals surface area contributed by atoms with Crippen LogP contribution in [-0.4, -0.2) is 18.0 Å². The Morgan fingerprint density at radius 2 is 2.00 bits per heavy atom. The minimum Gasteiger partial charge on any atom is -0.379 e. The van der Waals surface area contributed by atoms with Crippen molar-refractivity contribution in [2.45, 2.75) is 12.3 Å². The first kappa shape index (κ1) is 13.6. The average Bonchev–Trinajstić information content (AvgIpc) is 2.72. The van der Waals surface area contributed by atoms with E-state index in [1.54, 1.807) is 24.7 Å². The second-order valence-electron chi connectivity index (χ2n) is 4.35. The van der Waals surface area contributed by atoms with E-state index in [4.69, 9.17) is 5.14 Å². The number of imidazole rings is 1. The number of hydrogen-bond donors (Lipinski definition) is 2. The minimum atomic E-state index is -3.48. The van der Waals surface area contributed by atoms with E-state index in [0.717, 1.165) is 11.4 Å². The molecular weight excluding hydrogens is 264 g/mol. The highest BCUT2D eigenvalue weighted by molar-refractivity contribution is 7.88. The van der Waals surface area contributed by atoms with Crippen molar-refractivity contribution in [3.63, 3.8) is 0 Å². The highest BCUT2D eigenvalue weighted by Crippen LogP contribution is 2.12. The number of aryl methyl sites for hydroxylation is 1. The zero-order valence-corrected chi connectivity index (χ0v) is 11.4. The second kappa shape index (κ2) is 5.41. The van der Waals surface area contributed by atoms with E-state index >= 15 is 0 Å². The summed E-state index contributed by atoms with van der Waals surface area (Å²) in [5.41, 5.74) is 2.65. The predicted molar refractivity (Wildman–Crippen MR) is 73.8 cm³/mol. The summed E-state index contributed by atoms with van der Waals surface area (Å²) in [6.07, 6.45) is 3.54.